The van der Waals surface area contributed by atoms with Gasteiger partial charge in [0.25, 0.3) is 0 Å². The van der Waals surface area contributed by atoms with Crippen LogP contribution in [0.25, 0.3) is 0 Å². The summed E-state index contributed by atoms with van der Waals surface area (Å²) >= 11 is 0. The van der Waals surface area contributed by atoms with E-state index in [4.69, 9.17) is 4.74 Å². The van der Waals surface area contributed by atoms with Crippen molar-refractivity contribution in [3.8, 4) is 5.75 Å². The number of aliphatic carboxylic acids is 1. The molecule has 2 amide bonds. The lowest BCUT2D eigenvalue weighted by atomic mass is 9.71. The predicted octanol–water partition coefficient (Wildman–Crippen LogP) is 6.61. The highest BCUT2D eigenvalue weighted by Gasteiger charge is 2.42. The number of ether oxygens (including phenoxy) is 1. The second-order valence-electron chi connectivity index (χ2n) is 13.1. The van der Waals surface area contributed by atoms with Crippen molar-refractivity contribution in [2.75, 3.05) is 7.05 Å². The monoisotopic (exact) mass is 578 g/mol. The van der Waals surface area contributed by atoms with Crippen molar-refractivity contribution < 1.29 is 24.2 Å². The maximum atomic E-state index is 14.0. The first-order valence-electron chi connectivity index (χ1n) is 14.8. The average Bonchev–Trinajstić information content (AvgIpc) is 2.92. The molecule has 0 saturated carbocycles. The quantitative estimate of drug-likeness (QED) is 0.261. The third kappa shape index (κ3) is 8.70. The number of likely N-dealkylation sites (N-methyl/N-ethyl adjacent to an activating group) is 1. The maximum absolute atomic E-state index is 14.0. The highest BCUT2D eigenvalue weighted by Crippen LogP contribution is 2.40. The molecule has 2 rings (SSSR count). The normalized spacial score (nSPS) is 14.6. The van der Waals surface area contributed by atoms with Crippen LogP contribution in [0, 0.1) is 17.3 Å². The molecule has 0 fully saturated rings. The largest absolute Gasteiger partial charge is 0.489 e. The lowest BCUT2D eigenvalue weighted by molar-refractivity contribution is -0.141. The van der Waals surface area contributed by atoms with Gasteiger partial charge in [0, 0.05) is 29.5 Å². The molecule has 2 aromatic carbocycles. The van der Waals surface area contributed by atoms with Gasteiger partial charge in [-0.2, -0.15) is 0 Å². The van der Waals surface area contributed by atoms with Crippen molar-refractivity contribution >= 4 is 17.8 Å². The number of nitrogens with zero attached hydrogens (tertiary/aromatic N) is 1. The van der Waals surface area contributed by atoms with E-state index in [1.54, 1.807) is 18.0 Å². The summed E-state index contributed by atoms with van der Waals surface area (Å²) in [7, 11) is 1.67. The molecule has 0 aromatic heterocycles. The van der Waals surface area contributed by atoms with E-state index in [2.05, 4.69) is 5.32 Å². The Balaban J connectivity index is 2.37. The molecule has 7 nitrogen and oxygen atoms in total. The Morgan fingerprint density at radius 2 is 1.55 bits per heavy atom. The highest BCUT2D eigenvalue weighted by molar-refractivity contribution is 5.90. The Labute approximate surface area is 252 Å². The zero-order chi connectivity index (χ0) is 31.8. The minimum atomic E-state index is -1.02. The van der Waals surface area contributed by atoms with E-state index in [1.165, 1.54) is 6.92 Å². The number of carboxylic acids is 1. The molecule has 0 heterocycles. The van der Waals surface area contributed by atoms with Crippen LogP contribution in [0.5, 0.6) is 5.75 Å². The molecule has 0 spiro atoms. The first kappa shape index (κ1) is 34.6. The Bertz CT molecular complexity index is 1240. The van der Waals surface area contributed by atoms with Crippen molar-refractivity contribution in [1.29, 1.82) is 0 Å². The van der Waals surface area contributed by atoms with Crippen LogP contribution >= 0.6 is 0 Å². The van der Waals surface area contributed by atoms with Gasteiger partial charge >= 0.3 is 5.97 Å². The van der Waals surface area contributed by atoms with E-state index < -0.39 is 34.8 Å². The zero-order valence-electron chi connectivity index (χ0n) is 27.0. The number of hydrogen-bond acceptors (Lipinski definition) is 4. The number of rotatable bonds is 13. The molecule has 0 saturated heterocycles. The van der Waals surface area contributed by atoms with Gasteiger partial charge in [0.1, 0.15) is 18.4 Å². The van der Waals surface area contributed by atoms with Crippen molar-refractivity contribution in [3.05, 3.63) is 77.4 Å². The summed E-state index contributed by atoms with van der Waals surface area (Å²) in [6.45, 7) is 17.6. The van der Waals surface area contributed by atoms with Crippen molar-refractivity contribution in [3.63, 3.8) is 0 Å². The average molecular weight is 579 g/mol. The highest BCUT2D eigenvalue weighted by atomic mass is 16.5. The Kier molecular flexibility index (Phi) is 12.0. The van der Waals surface area contributed by atoms with Gasteiger partial charge in [-0.1, -0.05) is 110 Å². The molecule has 0 aliphatic carbocycles. The van der Waals surface area contributed by atoms with Crippen molar-refractivity contribution in [1.82, 2.24) is 10.2 Å². The minimum absolute atomic E-state index is 0.0284. The summed E-state index contributed by atoms with van der Waals surface area (Å²) in [6, 6.07) is 16.5. The minimum Gasteiger partial charge on any atom is -0.489 e. The third-order valence-electron chi connectivity index (χ3n) is 8.05. The number of carboxylic acid groups (broad SMARTS) is 1. The third-order valence-corrected chi connectivity index (χ3v) is 8.05. The van der Waals surface area contributed by atoms with Gasteiger partial charge < -0.3 is 20.1 Å². The molecule has 2 aromatic rings. The van der Waals surface area contributed by atoms with Gasteiger partial charge in [-0.05, 0) is 36.3 Å². The molecular weight excluding hydrogens is 528 g/mol. The summed E-state index contributed by atoms with van der Waals surface area (Å²) in [6.07, 6.45) is 2.17. The molecule has 0 unspecified atom stereocenters. The molecular formula is C35H50N2O5. The standard InChI is InChI=1S/C35H50N2O5/c1-11-26(35(8,9)27-19-15-16-20-29(27)42-22-25-17-13-12-14-18-25)31(38)36-30(34(5,6)7)32(39)37(10)28(23(2)3)21-24(4)33(40)41/h12-21,23,26,28,30H,11,22H2,1-10H3,(H,36,38)(H,40,41)/b24-21+/t26-,28-,30-/m1/s1. The second-order valence-corrected chi connectivity index (χ2v) is 13.1. The van der Waals surface area contributed by atoms with Gasteiger partial charge in [0.2, 0.25) is 11.8 Å². The second kappa shape index (κ2) is 14.5. The summed E-state index contributed by atoms with van der Waals surface area (Å²) in [5, 5.41) is 12.5. The van der Waals surface area contributed by atoms with Crippen LogP contribution in [-0.4, -0.2) is 46.9 Å². The van der Waals surface area contributed by atoms with Gasteiger partial charge in [-0.15, -0.1) is 0 Å². The van der Waals surface area contributed by atoms with E-state index in [0.717, 1.165) is 16.9 Å². The summed E-state index contributed by atoms with van der Waals surface area (Å²) in [5.74, 6) is -1.25. The molecule has 0 bridgehead atoms. The van der Waals surface area contributed by atoms with Crippen LogP contribution in [0.2, 0.25) is 0 Å². The molecule has 0 aliphatic heterocycles. The fraction of sp³-hybridized carbons (Fsp3) is 0.514. The SMILES string of the molecule is CC[C@H](C(=O)N[C@H](C(=O)N(C)[C@H](/C=C(\C)C(=O)O)C(C)C)C(C)(C)C)C(C)(C)c1ccccc1OCc1ccccc1. The maximum Gasteiger partial charge on any atom is 0.331 e. The smallest absolute Gasteiger partial charge is 0.331 e. The van der Waals surface area contributed by atoms with E-state index in [1.807, 2.05) is 110 Å². The van der Waals surface area contributed by atoms with Crippen LogP contribution in [0.4, 0.5) is 0 Å². The number of benzene rings is 2. The number of carbonyl (C=O) groups excluding carboxylic acids is 2. The van der Waals surface area contributed by atoms with Crippen molar-refractivity contribution in [2.45, 2.75) is 92.8 Å². The van der Waals surface area contributed by atoms with Crippen LogP contribution in [0.15, 0.2) is 66.2 Å². The predicted molar refractivity (Wildman–Crippen MR) is 168 cm³/mol. The van der Waals surface area contributed by atoms with Crippen LogP contribution in [-0.2, 0) is 26.4 Å². The van der Waals surface area contributed by atoms with Crippen LogP contribution in [0.3, 0.4) is 0 Å². The van der Waals surface area contributed by atoms with E-state index in [-0.39, 0.29) is 23.3 Å². The zero-order valence-corrected chi connectivity index (χ0v) is 27.0. The Morgan fingerprint density at radius 1 is 0.976 bits per heavy atom. The Morgan fingerprint density at radius 3 is 2.07 bits per heavy atom. The van der Waals surface area contributed by atoms with E-state index in [9.17, 15) is 19.5 Å². The molecule has 0 aliphatic rings. The Hall–Kier alpha value is -3.61. The van der Waals surface area contributed by atoms with Gasteiger partial charge in [0.05, 0.1) is 6.04 Å². The molecule has 0 radical (unpaired) electrons. The number of carbonyl (C=O) groups is 3. The summed E-state index contributed by atoms with van der Waals surface area (Å²) in [5.41, 5.74) is 0.954. The molecule has 42 heavy (non-hydrogen) atoms. The molecule has 3 atom stereocenters. The number of amides is 2. The number of hydrogen-bond donors (Lipinski definition) is 2. The van der Waals surface area contributed by atoms with Gasteiger partial charge in [0.15, 0.2) is 0 Å². The van der Waals surface area contributed by atoms with E-state index >= 15 is 0 Å². The topological polar surface area (TPSA) is 95.9 Å². The fourth-order valence-corrected chi connectivity index (χ4v) is 5.39. The van der Waals surface area contributed by atoms with Gasteiger partial charge in [-0.3, -0.25) is 9.59 Å². The number of nitrogens with one attached hydrogen (secondary N) is 1. The lowest BCUT2D eigenvalue weighted by Gasteiger charge is -2.40. The summed E-state index contributed by atoms with van der Waals surface area (Å²) < 4.78 is 6.25. The van der Waals surface area contributed by atoms with Crippen LogP contribution in [0.1, 0.15) is 79.9 Å². The number of para-hydroxylation sites is 1. The van der Waals surface area contributed by atoms with Crippen LogP contribution < -0.4 is 10.1 Å². The molecule has 2 N–H and O–H groups in total. The van der Waals surface area contributed by atoms with Crippen molar-refractivity contribution in [2.24, 2.45) is 17.3 Å². The van der Waals surface area contributed by atoms with Gasteiger partial charge in [-0.25, -0.2) is 4.79 Å². The molecule has 7 heteroatoms. The lowest BCUT2D eigenvalue weighted by Crippen LogP contribution is -2.58. The first-order chi connectivity index (χ1) is 19.5. The van der Waals surface area contributed by atoms with E-state index in [0.29, 0.717) is 13.0 Å². The molecule has 230 valence electrons. The fourth-order valence-electron chi connectivity index (χ4n) is 5.39. The summed E-state index contributed by atoms with van der Waals surface area (Å²) in [4.78, 5) is 41.0. The first-order valence-corrected chi connectivity index (χ1v) is 14.8.